The maximum Gasteiger partial charge on any atom is 0.503 e. The van der Waals surface area contributed by atoms with Crippen molar-refractivity contribution in [2.75, 3.05) is 0 Å². The van der Waals surface area contributed by atoms with Crippen molar-refractivity contribution in [2.45, 2.75) is 40.5 Å². The third-order valence-corrected chi connectivity index (χ3v) is 4.34. The van der Waals surface area contributed by atoms with Crippen LogP contribution in [0.2, 0.25) is 0 Å². The van der Waals surface area contributed by atoms with Crippen LogP contribution in [0.4, 0.5) is 14.4 Å². The van der Waals surface area contributed by atoms with E-state index in [-0.39, 0.29) is 0 Å². The lowest BCUT2D eigenvalue weighted by Crippen LogP contribution is -1.85. The van der Waals surface area contributed by atoms with Crippen molar-refractivity contribution in [3.63, 3.8) is 0 Å². The molecule has 0 spiro atoms. The van der Waals surface area contributed by atoms with Crippen LogP contribution in [0.3, 0.4) is 0 Å². The van der Waals surface area contributed by atoms with Crippen molar-refractivity contribution in [3.8, 4) is 0 Å². The Kier molecular flexibility index (Phi) is 16.9. The van der Waals surface area contributed by atoms with Gasteiger partial charge in [0.1, 0.15) is 8.98 Å². The van der Waals surface area contributed by atoms with E-state index in [2.05, 4.69) is 27.7 Å². The minimum absolute atomic E-state index is 0.408. The summed E-state index contributed by atoms with van der Waals surface area (Å²) < 4.78 is 0.816. The lowest BCUT2D eigenvalue weighted by atomic mass is 10.1. The molecule has 0 aliphatic heterocycles. The van der Waals surface area contributed by atoms with E-state index in [9.17, 15) is 0 Å². The van der Waals surface area contributed by atoms with E-state index in [0.29, 0.717) is 31.6 Å². The van der Waals surface area contributed by atoms with Crippen LogP contribution in [0.5, 0.6) is 0 Å². The smallest absolute Gasteiger partial charge is 0.450 e. The Labute approximate surface area is 194 Å². The molecule has 9 nitrogen and oxygen atoms in total. The SMILES string of the molecule is CC1(C)CC1C=C(Cl)Cl.CC1(C)CC1C=C(Cl)Cl.O=C(O)O.O=C(O)O.O=C(O)O. The van der Waals surface area contributed by atoms with Crippen LogP contribution in [0, 0.1) is 22.7 Å². The molecule has 2 aliphatic rings. The summed E-state index contributed by atoms with van der Waals surface area (Å²) in [6.45, 7) is 8.85. The molecule has 2 atom stereocenters. The quantitative estimate of drug-likeness (QED) is 0.219. The number of allylic oxidation sites excluding steroid dienone is 2. The maximum atomic E-state index is 8.56. The van der Waals surface area contributed by atoms with Crippen LogP contribution < -0.4 is 0 Å². The first kappa shape index (κ1) is 33.1. The van der Waals surface area contributed by atoms with Crippen LogP contribution in [-0.2, 0) is 0 Å². The summed E-state index contributed by atoms with van der Waals surface area (Å²) in [6.07, 6.45) is 0.776. The maximum absolute atomic E-state index is 8.56. The van der Waals surface area contributed by atoms with E-state index in [1.807, 2.05) is 12.2 Å². The number of hydrogen-bond acceptors (Lipinski definition) is 3. The van der Waals surface area contributed by atoms with Gasteiger partial charge in [0.15, 0.2) is 0 Å². The Morgan fingerprint density at radius 3 is 0.800 bits per heavy atom. The second kappa shape index (κ2) is 15.3. The Hall–Kier alpha value is -1.55. The molecule has 0 aromatic carbocycles. The Balaban J connectivity index is -0.000000325. The van der Waals surface area contributed by atoms with E-state index in [4.69, 9.17) is 91.4 Å². The second-order valence-corrected chi connectivity index (χ2v) is 9.37. The zero-order valence-electron chi connectivity index (χ0n) is 16.6. The molecule has 0 saturated heterocycles. The predicted octanol–water partition coefficient (Wildman–Crippen LogP) is 7.37. The normalized spacial score (nSPS) is 20.1. The van der Waals surface area contributed by atoms with E-state index in [1.165, 1.54) is 12.8 Å². The average Bonchev–Trinajstić information content (AvgIpc) is 3.21. The molecule has 13 heteroatoms. The zero-order chi connectivity index (χ0) is 24.9. The number of rotatable bonds is 2. The van der Waals surface area contributed by atoms with Gasteiger partial charge in [0.25, 0.3) is 0 Å². The lowest BCUT2D eigenvalue weighted by Gasteiger charge is -1.94. The van der Waals surface area contributed by atoms with Crippen molar-refractivity contribution >= 4 is 64.9 Å². The van der Waals surface area contributed by atoms with Gasteiger partial charge < -0.3 is 30.6 Å². The van der Waals surface area contributed by atoms with Gasteiger partial charge in [0, 0.05) is 0 Å². The monoisotopic (exact) mass is 514 g/mol. The van der Waals surface area contributed by atoms with Crippen molar-refractivity contribution < 1.29 is 45.0 Å². The van der Waals surface area contributed by atoms with Gasteiger partial charge in [-0.1, -0.05) is 86.3 Å². The molecule has 2 rings (SSSR count). The lowest BCUT2D eigenvalue weighted by molar-refractivity contribution is 0.135. The van der Waals surface area contributed by atoms with Crippen LogP contribution >= 0.6 is 46.4 Å². The molecule has 0 heterocycles. The molecule has 2 saturated carbocycles. The first-order chi connectivity index (χ1) is 13.2. The highest BCUT2D eigenvalue weighted by Gasteiger charge is 2.44. The summed E-state index contributed by atoms with van der Waals surface area (Å²) in [6, 6.07) is 0. The molecule has 2 fully saturated rings. The third-order valence-electron chi connectivity index (χ3n) is 3.83. The predicted molar refractivity (Wildman–Crippen MR) is 115 cm³/mol. The van der Waals surface area contributed by atoms with E-state index in [1.54, 1.807) is 0 Å². The minimum Gasteiger partial charge on any atom is -0.450 e. The van der Waals surface area contributed by atoms with Crippen molar-refractivity contribution in [2.24, 2.45) is 22.7 Å². The fourth-order valence-electron chi connectivity index (χ4n) is 1.89. The highest BCUT2D eigenvalue weighted by molar-refractivity contribution is 6.56. The van der Waals surface area contributed by atoms with Gasteiger partial charge in [0.05, 0.1) is 0 Å². The molecule has 6 N–H and O–H groups in total. The topological polar surface area (TPSA) is 173 Å². The summed E-state index contributed by atoms with van der Waals surface area (Å²) in [5, 5.41) is 41.8. The van der Waals surface area contributed by atoms with Crippen LogP contribution in [0.15, 0.2) is 21.1 Å². The van der Waals surface area contributed by atoms with Gasteiger partial charge in [-0.15, -0.1) is 0 Å². The Morgan fingerprint density at radius 2 is 0.767 bits per heavy atom. The fourth-order valence-corrected chi connectivity index (χ4v) is 2.50. The summed E-state index contributed by atoms with van der Waals surface area (Å²) in [5.41, 5.74) is 0.907. The summed E-state index contributed by atoms with van der Waals surface area (Å²) >= 11 is 21.9. The standard InChI is InChI=1S/2C7H10Cl2.3CH2O3/c2*1-7(2)4-5(7)3-6(8)9;3*2-1(3)4/h2*3,5H,4H2,1-2H3;3*(H2,2,3,4). The molecule has 0 bridgehead atoms. The molecular formula is C17H26Cl4O9. The highest BCUT2D eigenvalue weighted by Crippen LogP contribution is 2.53. The molecule has 0 aromatic rings. The number of hydrogen-bond donors (Lipinski definition) is 6. The van der Waals surface area contributed by atoms with E-state index < -0.39 is 18.5 Å². The van der Waals surface area contributed by atoms with Crippen molar-refractivity contribution in [1.82, 2.24) is 0 Å². The molecular weight excluding hydrogens is 490 g/mol. The number of carbonyl (C=O) groups is 3. The Morgan fingerprint density at radius 1 is 0.633 bits per heavy atom. The second-order valence-electron chi connectivity index (χ2n) is 7.36. The minimum atomic E-state index is -1.83. The van der Waals surface area contributed by atoms with Gasteiger partial charge in [0.2, 0.25) is 0 Å². The highest BCUT2D eigenvalue weighted by atomic mass is 35.5. The van der Waals surface area contributed by atoms with Crippen LogP contribution in [0.25, 0.3) is 0 Å². The zero-order valence-corrected chi connectivity index (χ0v) is 19.7. The van der Waals surface area contributed by atoms with E-state index in [0.717, 1.165) is 0 Å². The molecule has 0 amide bonds. The Bertz CT molecular complexity index is 546. The van der Waals surface area contributed by atoms with Gasteiger partial charge in [-0.25, -0.2) is 14.4 Å². The van der Waals surface area contributed by atoms with Gasteiger partial charge in [-0.3, -0.25) is 0 Å². The molecule has 0 radical (unpaired) electrons. The van der Waals surface area contributed by atoms with Crippen molar-refractivity contribution in [3.05, 3.63) is 21.1 Å². The van der Waals surface area contributed by atoms with Gasteiger partial charge in [-0.05, 0) is 35.5 Å². The summed E-state index contributed by atoms with van der Waals surface area (Å²) in [5.74, 6) is 1.23. The average molecular weight is 516 g/mol. The molecule has 176 valence electrons. The van der Waals surface area contributed by atoms with Crippen molar-refractivity contribution in [1.29, 1.82) is 0 Å². The molecule has 0 aromatic heterocycles. The fraction of sp³-hybridized carbons (Fsp3) is 0.588. The van der Waals surface area contributed by atoms with Gasteiger partial charge >= 0.3 is 18.5 Å². The van der Waals surface area contributed by atoms with Crippen LogP contribution in [-0.4, -0.2) is 49.1 Å². The molecule has 2 aliphatic carbocycles. The summed E-state index contributed by atoms with van der Waals surface area (Å²) in [7, 11) is 0. The third kappa shape index (κ3) is 28.7. The largest absolute Gasteiger partial charge is 0.503 e. The first-order valence-corrected chi connectivity index (χ1v) is 9.57. The van der Waals surface area contributed by atoms with Gasteiger partial charge in [-0.2, -0.15) is 0 Å². The number of halogens is 4. The first-order valence-electron chi connectivity index (χ1n) is 8.05. The molecule has 30 heavy (non-hydrogen) atoms. The van der Waals surface area contributed by atoms with Crippen LogP contribution in [0.1, 0.15) is 40.5 Å². The molecule has 2 unspecified atom stereocenters. The van der Waals surface area contributed by atoms with E-state index >= 15 is 0 Å². The summed E-state index contributed by atoms with van der Waals surface area (Å²) in [4.78, 5) is 25.7. The number of carboxylic acid groups (broad SMARTS) is 6.